The fraction of sp³-hybridized carbons (Fsp3) is 0.600. The average Bonchev–Trinajstić information content (AvgIpc) is 2.95. The Bertz CT molecular complexity index is 355. The molecule has 1 aromatic heterocycles. The second-order valence-corrected chi connectivity index (χ2v) is 4.61. The van der Waals surface area contributed by atoms with E-state index in [2.05, 4.69) is 15.1 Å². The molecule has 1 saturated heterocycles. The van der Waals surface area contributed by atoms with Gasteiger partial charge in [0.25, 0.3) is 0 Å². The number of anilines is 1. The third kappa shape index (κ3) is 1.46. The molecule has 74 valence electrons. The molecule has 2 heterocycles. The lowest BCUT2D eigenvalue weighted by molar-refractivity contribution is 0.550. The number of piperidine rings is 1. The molecule has 1 aliphatic heterocycles. The van der Waals surface area contributed by atoms with Gasteiger partial charge >= 0.3 is 0 Å². The predicted molar refractivity (Wildman–Crippen MR) is 55.5 cm³/mol. The zero-order valence-corrected chi connectivity index (χ0v) is 8.61. The molecule has 3 rings (SSSR count). The van der Waals surface area contributed by atoms with E-state index in [4.69, 9.17) is 11.6 Å². The highest BCUT2D eigenvalue weighted by Crippen LogP contribution is 2.45. The first-order valence-electron chi connectivity index (χ1n) is 5.06. The minimum Gasteiger partial charge on any atom is -0.370 e. The standard InChI is InChI=1S/C10H12ClN3/c11-10-4-9(5-12-13-10)14-2-1-7-3-8(7)6-14/h4-5,7-8H,1-3,6H2. The average molecular weight is 210 g/mol. The third-order valence-electron chi connectivity index (χ3n) is 3.27. The largest absolute Gasteiger partial charge is 0.370 e. The van der Waals surface area contributed by atoms with Crippen molar-refractivity contribution in [1.82, 2.24) is 10.2 Å². The lowest BCUT2D eigenvalue weighted by Crippen LogP contribution is -2.31. The summed E-state index contributed by atoms with van der Waals surface area (Å²) < 4.78 is 0. The monoisotopic (exact) mass is 209 g/mol. The van der Waals surface area contributed by atoms with Crippen LogP contribution in [0.3, 0.4) is 0 Å². The highest BCUT2D eigenvalue weighted by molar-refractivity contribution is 6.29. The molecule has 2 fully saturated rings. The van der Waals surface area contributed by atoms with Gasteiger partial charge in [0.15, 0.2) is 5.15 Å². The van der Waals surface area contributed by atoms with Crippen molar-refractivity contribution in [1.29, 1.82) is 0 Å². The van der Waals surface area contributed by atoms with Crippen LogP contribution in [0, 0.1) is 11.8 Å². The molecule has 1 aromatic rings. The maximum absolute atomic E-state index is 5.81. The van der Waals surface area contributed by atoms with Crippen LogP contribution in [0.5, 0.6) is 0 Å². The molecule has 2 atom stereocenters. The van der Waals surface area contributed by atoms with Gasteiger partial charge in [-0.2, -0.15) is 5.10 Å². The summed E-state index contributed by atoms with van der Waals surface area (Å²) in [5.41, 5.74) is 1.12. The van der Waals surface area contributed by atoms with Crippen molar-refractivity contribution in [3.05, 3.63) is 17.4 Å². The lowest BCUT2D eigenvalue weighted by atomic mass is 10.1. The van der Waals surface area contributed by atoms with Gasteiger partial charge in [0, 0.05) is 19.2 Å². The number of aromatic nitrogens is 2. The van der Waals surface area contributed by atoms with Crippen LogP contribution in [0.4, 0.5) is 5.69 Å². The summed E-state index contributed by atoms with van der Waals surface area (Å²) in [4.78, 5) is 2.37. The Hall–Kier alpha value is -0.830. The van der Waals surface area contributed by atoms with Crippen LogP contribution in [-0.4, -0.2) is 23.3 Å². The molecule has 0 spiro atoms. The van der Waals surface area contributed by atoms with E-state index in [1.54, 1.807) is 6.20 Å². The highest BCUT2D eigenvalue weighted by Gasteiger charge is 2.41. The third-order valence-corrected chi connectivity index (χ3v) is 3.45. The molecule has 3 nitrogen and oxygen atoms in total. The SMILES string of the molecule is Clc1cc(N2CCC3CC3C2)cnn1. The van der Waals surface area contributed by atoms with Crippen molar-refractivity contribution in [2.45, 2.75) is 12.8 Å². The van der Waals surface area contributed by atoms with E-state index in [-0.39, 0.29) is 0 Å². The summed E-state index contributed by atoms with van der Waals surface area (Å²) in [6.45, 7) is 2.32. The van der Waals surface area contributed by atoms with Crippen LogP contribution < -0.4 is 4.90 Å². The van der Waals surface area contributed by atoms with E-state index in [1.165, 1.54) is 19.4 Å². The molecular weight excluding hydrogens is 198 g/mol. The molecule has 0 bridgehead atoms. The summed E-state index contributed by atoms with van der Waals surface area (Å²) in [5, 5.41) is 8.11. The minimum atomic E-state index is 0.487. The molecule has 4 heteroatoms. The van der Waals surface area contributed by atoms with Gasteiger partial charge < -0.3 is 4.90 Å². The van der Waals surface area contributed by atoms with Crippen LogP contribution in [0.1, 0.15) is 12.8 Å². The first-order valence-corrected chi connectivity index (χ1v) is 5.44. The van der Waals surface area contributed by atoms with Crippen LogP contribution in [0.25, 0.3) is 0 Å². The quantitative estimate of drug-likeness (QED) is 0.708. The molecule has 0 radical (unpaired) electrons. The maximum atomic E-state index is 5.81. The molecule has 1 aliphatic carbocycles. The van der Waals surface area contributed by atoms with Crippen molar-refractivity contribution >= 4 is 17.3 Å². The second-order valence-electron chi connectivity index (χ2n) is 4.23. The highest BCUT2D eigenvalue weighted by atomic mass is 35.5. The van der Waals surface area contributed by atoms with Crippen LogP contribution >= 0.6 is 11.6 Å². The Morgan fingerprint density at radius 3 is 3.14 bits per heavy atom. The lowest BCUT2D eigenvalue weighted by Gasteiger charge is -2.27. The molecule has 0 N–H and O–H groups in total. The molecule has 2 unspecified atom stereocenters. The van der Waals surface area contributed by atoms with Crippen molar-refractivity contribution in [3.8, 4) is 0 Å². The zero-order valence-electron chi connectivity index (χ0n) is 7.86. The van der Waals surface area contributed by atoms with Crippen molar-refractivity contribution in [2.24, 2.45) is 11.8 Å². The second kappa shape index (κ2) is 3.09. The van der Waals surface area contributed by atoms with Gasteiger partial charge in [-0.25, -0.2) is 0 Å². The first-order chi connectivity index (χ1) is 6.83. The van der Waals surface area contributed by atoms with Crippen molar-refractivity contribution in [3.63, 3.8) is 0 Å². The molecule has 0 amide bonds. The Labute approximate surface area is 88.1 Å². The summed E-state index contributed by atoms with van der Waals surface area (Å²) >= 11 is 5.81. The zero-order chi connectivity index (χ0) is 9.54. The molecular formula is C10H12ClN3. The van der Waals surface area contributed by atoms with E-state index >= 15 is 0 Å². The van der Waals surface area contributed by atoms with Crippen LogP contribution in [0.2, 0.25) is 5.15 Å². The Morgan fingerprint density at radius 2 is 2.36 bits per heavy atom. The van der Waals surface area contributed by atoms with Gasteiger partial charge in [-0.1, -0.05) is 11.6 Å². The first kappa shape index (κ1) is 8.48. The maximum Gasteiger partial charge on any atom is 0.153 e. The van der Waals surface area contributed by atoms with E-state index in [1.807, 2.05) is 6.07 Å². The Morgan fingerprint density at radius 1 is 1.43 bits per heavy atom. The summed E-state index contributed by atoms with van der Waals surface area (Å²) in [7, 11) is 0. The van der Waals surface area contributed by atoms with E-state index in [9.17, 15) is 0 Å². The van der Waals surface area contributed by atoms with Gasteiger partial charge in [0.05, 0.1) is 11.9 Å². The predicted octanol–water partition coefficient (Wildman–Crippen LogP) is 1.98. The van der Waals surface area contributed by atoms with Gasteiger partial charge in [0.1, 0.15) is 0 Å². The molecule has 1 saturated carbocycles. The Balaban J connectivity index is 1.80. The van der Waals surface area contributed by atoms with E-state index in [0.29, 0.717) is 5.15 Å². The van der Waals surface area contributed by atoms with E-state index < -0.39 is 0 Å². The van der Waals surface area contributed by atoms with Gasteiger partial charge in [-0.3, -0.25) is 0 Å². The fourth-order valence-corrected chi connectivity index (χ4v) is 2.48. The van der Waals surface area contributed by atoms with Gasteiger partial charge in [0.2, 0.25) is 0 Å². The number of halogens is 1. The number of rotatable bonds is 1. The minimum absolute atomic E-state index is 0.487. The molecule has 2 aliphatic rings. The van der Waals surface area contributed by atoms with Crippen molar-refractivity contribution < 1.29 is 0 Å². The summed E-state index contributed by atoms with van der Waals surface area (Å²) in [5.74, 6) is 1.94. The van der Waals surface area contributed by atoms with E-state index in [0.717, 1.165) is 24.1 Å². The van der Waals surface area contributed by atoms with Crippen molar-refractivity contribution in [2.75, 3.05) is 18.0 Å². The summed E-state index contributed by atoms with van der Waals surface area (Å²) in [6.07, 6.45) is 4.54. The Kier molecular flexibility index (Phi) is 1.87. The van der Waals surface area contributed by atoms with Gasteiger partial charge in [-0.05, 0) is 24.7 Å². The number of hydrogen-bond donors (Lipinski definition) is 0. The van der Waals surface area contributed by atoms with Gasteiger partial charge in [-0.15, -0.1) is 5.10 Å². The number of hydrogen-bond acceptors (Lipinski definition) is 3. The number of fused-ring (bicyclic) bond motifs is 1. The smallest absolute Gasteiger partial charge is 0.153 e. The number of nitrogens with zero attached hydrogens (tertiary/aromatic N) is 3. The topological polar surface area (TPSA) is 29.0 Å². The molecule has 0 aromatic carbocycles. The molecule has 14 heavy (non-hydrogen) atoms. The summed E-state index contributed by atoms with van der Waals surface area (Å²) in [6, 6.07) is 1.90. The normalized spacial score (nSPS) is 29.9. The van der Waals surface area contributed by atoms with Crippen LogP contribution in [-0.2, 0) is 0 Å². The van der Waals surface area contributed by atoms with Crippen LogP contribution in [0.15, 0.2) is 12.3 Å². The fourth-order valence-electron chi connectivity index (χ4n) is 2.32.